The third kappa shape index (κ3) is 3.40. The second-order valence-corrected chi connectivity index (χ2v) is 4.79. The second kappa shape index (κ2) is 5.96. The van der Waals surface area contributed by atoms with Crippen molar-refractivity contribution < 1.29 is 14.3 Å². The summed E-state index contributed by atoms with van der Waals surface area (Å²) in [7, 11) is 1.31. The van der Waals surface area contributed by atoms with Gasteiger partial charge in [-0.05, 0) is 47.7 Å². The number of aryl methyl sites for hydroxylation is 1. The van der Waals surface area contributed by atoms with Crippen molar-refractivity contribution in [3.8, 4) is 11.5 Å². The Morgan fingerprint density at radius 3 is 2.79 bits per heavy atom. The molecule has 0 aliphatic heterocycles. The van der Waals surface area contributed by atoms with Gasteiger partial charge in [-0.2, -0.15) is 0 Å². The molecule has 0 saturated carbocycles. The summed E-state index contributed by atoms with van der Waals surface area (Å²) in [4.78, 5) is 19.6. The monoisotopic (exact) mass is 370 g/mol. The molecule has 0 fully saturated rings. The van der Waals surface area contributed by atoms with Crippen molar-refractivity contribution in [1.29, 1.82) is 0 Å². The highest BCUT2D eigenvalue weighted by Crippen LogP contribution is 2.24. The van der Waals surface area contributed by atoms with Crippen LogP contribution in [0.5, 0.6) is 11.5 Å². The van der Waals surface area contributed by atoms with E-state index in [4.69, 9.17) is 4.74 Å². The van der Waals surface area contributed by atoms with Crippen LogP contribution < -0.4 is 4.74 Å². The third-order valence-corrected chi connectivity index (χ3v) is 2.96. The van der Waals surface area contributed by atoms with Gasteiger partial charge in [0.25, 0.3) is 0 Å². The van der Waals surface area contributed by atoms with Crippen LogP contribution in [-0.4, -0.2) is 23.0 Å². The van der Waals surface area contributed by atoms with E-state index in [1.165, 1.54) is 19.4 Å². The zero-order chi connectivity index (χ0) is 13.8. The predicted octanol–water partition coefficient (Wildman–Crippen LogP) is 2.97. The van der Waals surface area contributed by atoms with Gasteiger partial charge < -0.3 is 9.47 Å². The van der Waals surface area contributed by atoms with E-state index in [2.05, 4.69) is 37.3 Å². The van der Waals surface area contributed by atoms with Crippen LogP contribution in [0.4, 0.5) is 0 Å². The van der Waals surface area contributed by atoms with Gasteiger partial charge in [0.2, 0.25) is 0 Å². The van der Waals surface area contributed by atoms with Gasteiger partial charge >= 0.3 is 5.97 Å². The molecule has 19 heavy (non-hydrogen) atoms. The lowest BCUT2D eigenvalue weighted by molar-refractivity contribution is 0.0593. The van der Waals surface area contributed by atoms with E-state index < -0.39 is 5.97 Å². The molecule has 2 aromatic heterocycles. The zero-order valence-electron chi connectivity index (χ0n) is 10.4. The van der Waals surface area contributed by atoms with Crippen LogP contribution in [0.15, 0.2) is 30.5 Å². The number of carbonyl (C=O) groups is 1. The minimum Gasteiger partial charge on any atom is -0.464 e. The maximum atomic E-state index is 11.4. The molecule has 0 bridgehead atoms. The van der Waals surface area contributed by atoms with Gasteiger partial charge in [0.1, 0.15) is 15.2 Å². The lowest BCUT2D eigenvalue weighted by atomic mass is 10.3. The highest BCUT2D eigenvalue weighted by atomic mass is 127. The third-order valence-electron chi connectivity index (χ3n) is 2.36. The molecule has 5 nitrogen and oxygen atoms in total. The number of carbonyl (C=O) groups excluding carboxylic acids is 1. The van der Waals surface area contributed by atoms with Gasteiger partial charge in [0, 0.05) is 12.3 Å². The lowest BCUT2D eigenvalue weighted by Gasteiger charge is -2.08. The van der Waals surface area contributed by atoms with Crippen molar-refractivity contribution >= 4 is 28.6 Å². The summed E-state index contributed by atoms with van der Waals surface area (Å²) in [5, 5.41) is 0. The molecule has 0 amide bonds. The summed E-state index contributed by atoms with van der Waals surface area (Å²) in [6.07, 6.45) is 1.50. The molecular weight excluding hydrogens is 359 g/mol. The number of hydrogen-bond donors (Lipinski definition) is 0. The number of methoxy groups -OCH3 is 1. The van der Waals surface area contributed by atoms with Gasteiger partial charge in [-0.15, -0.1) is 0 Å². The standard InChI is InChI=1S/C13H11IN2O3/c1-8-11(3-4-12(14)16-8)19-9-5-6-15-10(7-9)13(17)18-2/h3-7H,1-2H3. The zero-order valence-corrected chi connectivity index (χ0v) is 12.5. The Hall–Kier alpha value is -1.70. The normalized spacial score (nSPS) is 10.1. The van der Waals surface area contributed by atoms with E-state index in [9.17, 15) is 4.79 Å². The summed E-state index contributed by atoms with van der Waals surface area (Å²) in [5.41, 5.74) is 0.986. The molecule has 0 saturated heterocycles. The number of nitrogens with zero attached hydrogens (tertiary/aromatic N) is 2. The Kier molecular flexibility index (Phi) is 4.31. The molecule has 2 heterocycles. The number of aromatic nitrogens is 2. The van der Waals surface area contributed by atoms with E-state index >= 15 is 0 Å². The van der Waals surface area contributed by atoms with Gasteiger partial charge in [-0.1, -0.05) is 0 Å². The van der Waals surface area contributed by atoms with E-state index in [-0.39, 0.29) is 5.69 Å². The van der Waals surface area contributed by atoms with Crippen LogP contribution in [-0.2, 0) is 4.74 Å². The molecule has 2 rings (SSSR count). The van der Waals surface area contributed by atoms with E-state index in [0.29, 0.717) is 11.5 Å². The van der Waals surface area contributed by atoms with Crippen LogP contribution in [0.3, 0.4) is 0 Å². The van der Waals surface area contributed by atoms with Crippen molar-refractivity contribution in [3.05, 3.63) is 45.6 Å². The van der Waals surface area contributed by atoms with E-state index in [0.717, 1.165) is 9.39 Å². The molecule has 6 heteroatoms. The van der Waals surface area contributed by atoms with Crippen LogP contribution >= 0.6 is 22.6 Å². The molecule has 98 valence electrons. The average molecular weight is 370 g/mol. The first kappa shape index (κ1) is 13.7. The summed E-state index contributed by atoms with van der Waals surface area (Å²) in [5.74, 6) is 0.659. The summed E-state index contributed by atoms with van der Waals surface area (Å²) >= 11 is 2.13. The van der Waals surface area contributed by atoms with Gasteiger partial charge in [-0.25, -0.2) is 14.8 Å². The first-order valence-electron chi connectivity index (χ1n) is 5.45. The molecule has 0 radical (unpaired) electrons. The van der Waals surface area contributed by atoms with E-state index in [1.807, 2.05) is 19.1 Å². The van der Waals surface area contributed by atoms with Crippen molar-refractivity contribution in [3.63, 3.8) is 0 Å². The molecule has 0 aliphatic rings. The molecule has 0 unspecified atom stereocenters. The molecule has 2 aromatic rings. The predicted molar refractivity (Wildman–Crippen MR) is 77.3 cm³/mol. The highest BCUT2D eigenvalue weighted by Gasteiger charge is 2.09. The first-order chi connectivity index (χ1) is 9.10. The fourth-order valence-electron chi connectivity index (χ4n) is 1.44. The first-order valence-corrected chi connectivity index (χ1v) is 6.53. The van der Waals surface area contributed by atoms with Gasteiger partial charge in [-0.3, -0.25) is 0 Å². The number of esters is 1. The Morgan fingerprint density at radius 1 is 1.32 bits per heavy atom. The SMILES string of the molecule is COC(=O)c1cc(Oc2ccc(I)nc2C)ccn1. The minimum absolute atomic E-state index is 0.205. The van der Waals surface area contributed by atoms with Crippen LogP contribution in [0.2, 0.25) is 0 Å². The molecule has 0 N–H and O–H groups in total. The lowest BCUT2D eigenvalue weighted by Crippen LogP contribution is -2.04. The smallest absolute Gasteiger partial charge is 0.356 e. The maximum absolute atomic E-state index is 11.4. The summed E-state index contributed by atoms with van der Waals surface area (Å²) < 4.78 is 11.2. The topological polar surface area (TPSA) is 61.3 Å². The number of halogens is 1. The number of ether oxygens (including phenoxy) is 2. The van der Waals surface area contributed by atoms with Crippen LogP contribution in [0, 0.1) is 10.6 Å². The van der Waals surface area contributed by atoms with Gasteiger partial charge in [0.15, 0.2) is 5.69 Å². The fraction of sp³-hybridized carbons (Fsp3) is 0.154. The molecule has 0 spiro atoms. The Morgan fingerprint density at radius 2 is 2.11 bits per heavy atom. The average Bonchev–Trinajstić information content (AvgIpc) is 2.41. The Labute approximate surface area is 124 Å². The minimum atomic E-state index is -0.497. The Balaban J connectivity index is 2.26. The van der Waals surface area contributed by atoms with Crippen molar-refractivity contribution in [2.45, 2.75) is 6.92 Å². The van der Waals surface area contributed by atoms with Crippen molar-refractivity contribution in [2.75, 3.05) is 7.11 Å². The number of hydrogen-bond acceptors (Lipinski definition) is 5. The summed E-state index contributed by atoms with van der Waals surface area (Å²) in [6.45, 7) is 1.86. The quantitative estimate of drug-likeness (QED) is 0.472. The fourth-order valence-corrected chi connectivity index (χ4v) is 1.98. The molecular formula is C13H11IN2O3. The second-order valence-electron chi connectivity index (χ2n) is 3.69. The Bertz CT molecular complexity index is 617. The van der Waals surface area contributed by atoms with Crippen LogP contribution in [0.25, 0.3) is 0 Å². The number of pyridine rings is 2. The molecule has 0 aromatic carbocycles. The van der Waals surface area contributed by atoms with Crippen molar-refractivity contribution in [2.24, 2.45) is 0 Å². The molecule has 0 atom stereocenters. The highest BCUT2D eigenvalue weighted by molar-refractivity contribution is 14.1. The van der Waals surface area contributed by atoms with Crippen molar-refractivity contribution in [1.82, 2.24) is 9.97 Å². The van der Waals surface area contributed by atoms with E-state index in [1.54, 1.807) is 6.07 Å². The number of rotatable bonds is 3. The largest absolute Gasteiger partial charge is 0.464 e. The van der Waals surface area contributed by atoms with Gasteiger partial charge in [0.05, 0.1) is 12.8 Å². The maximum Gasteiger partial charge on any atom is 0.356 e. The summed E-state index contributed by atoms with van der Waals surface area (Å²) in [6, 6.07) is 6.89. The van der Waals surface area contributed by atoms with Crippen LogP contribution in [0.1, 0.15) is 16.2 Å². The molecule has 0 aliphatic carbocycles.